The van der Waals surface area contributed by atoms with Crippen LogP contribution in [-0.2, 0) is 0 Å². The van der Waals surface area contributed by atoms with Crippen molar-refractivity contribution in [3.05, 3.63) is 47.0 Å². The minimum Gasteiger partial charge on any atom is -0.276 e. The molecule has 1 heterocycles. The summed E-state index contributed by atoms with van der Waals surface area (Å²) in [6.07, 6.45) is 0. The number of rotatable bonds is 1. The molecule has 0 unspecified atom stereocenters. The maximum Gasteiger partial charge on any atom is 0.254 e. The van der Waals surface area contributed by atoms with Crippen LogP contribution in [0.4, 0.5) is 0 Å². The van der Waals surface area contributed by atoms with E-state index < -0.39 is 5.24 Å². The molecule has 0 spiro atoms. The largest absolute Gasteiger partial charge is 0.276 e. The van der Waals surface area contributed by atoms with Crippen LogP contribution in [0.25, 0.3) is 22.1 Å². The van der Waals surface area contributed by atoms with Crippen LogP contribution in [0, 0.1) is 0 Å². The van der Waals surface area contributed by atoms with Crippen LogP contribution in [0.15, 0.2) is 36.4 Å². The summed E-state index contributed by atoms with van der Waals surface area (Å²) in [6.45, 7) is 0. The number of hydrogen-bond acceptors (Lipinski definition) is 3. The van der Waals surface area contributed by atoms with Crippen molar-refractivity contribution in [1.82, 2.24) is 9.97 Å². The van der Waals surface area contributed by atoms with Gasteiger partial charge >= 0.3 is 0 Å². The molecule has 0 saturated carbocycles. The van der Waals surface area contributed by atoms with Gasteiger partial charge in [0.05, 0.1) is 21.6 Å². The average Bonchev–Trinajstić information content (AvgIpc) is 2.37. The van der Waals surface area contributed by atoms with Crippen LogP contribution < -0.4 is 0 Å². The quantitative estimate of drug-likeness (QED) is 0.501. The third kappa shape index (κ3) is 1.72. The molecular weight excluding hydrogens is 271 g/mol. The molecule has 0 saturated heterocycles. The Hall–Kier alpha value is -1.71. The first-order valence-corrected chi connectivity index (χ1v) is 5.97. The van der Waals surface area contributed by atoms with E-state index in [-0.39, 0.29) is 0 Å². The molecule has 1 aromatic heterocycles. The Morgan fingerprint density at radius 1 is 0.944 bits per heavy atom. The molecule has 2 aromatic carbocycles. The number of nitrogens with zero attached hydrogens (tertiary/aromatic N) is 2. The first-order valence-electron chi connectivity index (χ1n) is 5.21. The van der Waals surface area contributed by atoms with Crippen LogP contribution in [0.5, 0.6) is 0 Å². The molecular formula is C13H6Cl2N2O. The number of aromatic nitrogens is 2. The summed E-state index contributed by atoms with van der Waals surface area (Å²) in [5, 5.41) is -0.119. The van der Waals surface area contributed by atoms with Gasteiger partial charge in [0.2, 0.25) is 0 Å². The maximum absolute atomic E-state index is 11.4. The molecule has 0 aliphatic carbocycles. The average molecular weight is 277 g/mol. The Morgan fingerprint density at radius 2 is 1.56 bits per heavy atom. The van der Waals surface area contributed by atoms with Gasteiger partial charge in [0.25, 0.3) is 5.24 Å². The number of carbonyl (C=O) groups is 1. The fraction of sp³-hybridized carbons (Fsp3) is 0. The van der Waals surface area contributed by atoms with Crippen LogP contribution in [0.3, 0.4) is 0 Å². The van der Waals surface area contributed by atoms with Gasteiger partial charge in [-0.25, -0.2) is 9.97 Å². The molecule has 5 heteroatoms. The molecule has 18 heavy (non-hydrogen) atoms. The molecule has 0 aliphatic heterocycles. The van der Waals surface area contributed by atoms with E-state index >= 15 is 0 Å². The molecule has 0 N–H and O–H groups in total. The number of benzene rings is 2. The van der Waals surface area contributed by atoms with E-state index in [1.165, 1.54) is 0 Å². The van der Waals surface area contributed by atoms with Gasteiger partial charge in [0, 0.05) is 0 Å². The van der Waals surface area contributed by atoms with E-state index in [0.29, 0.717) is 27.1 Å². The van der Waals surface area contributed by atoms with E-state index in [1.54, 1.807) is 12.1 Å². The van der Waals surface area contributed by atoms with Gasteiger partial charge in [-0.05, 0) is 35.9 Å². The first kappa shape index (κ1) is 11.4. The number of fused-ring (bicyclic) bond motifs is 2. The Balaban J connectivity index is 2.52. The Labute approximate surface area is 112 Å². The molecule has 0 bridgehead atoms. The third-order valence-electron chi connectivity index (χ3n) is 2.66. The number of para-hydroxylation sites is 2. The second-order valence-electron chi connectivity index (χ2n) is 3.78. The maximum atomic E-state index is 11.4. The van der Waals surface area contributed by atoms with E-state index in [4.69, 9.17) is 23.2 Å². The van der Waals surface area contributed by atoms with Crippen molar-refractivity contribution in [1.29, 1.82) is 0 Å². The summed E-state index contributed by atoms with van der Waals surface area (Å²) in [6, 6.07) is 10.5. The van der Waals surface area contributed by atoms with Crippen LogP contribution in [0.1, 0.15) is 10.4 Å². The summed E-state index contributed by atoms with van der Waals surface area (Å²) >= 11 is 11.6. The number of hydrogen-bond donors (Lipinski definition) is 0. The zero-order valence-corrected chi connectivity index (χ0v) is 10.5. The van der Waals surface area contributed by atoms with Gasteiger partial charge in [-0.3, -0.25) is 4.79 Å². The lowest BCUT2D eigenvalue weighted by molar-refractivity contribution is 0.108. The van der Waals surface area contributed by atoms with Gasteiger partial charge < -0.3 is 0 Å². The van der Waals surface area contributed by atoms with E-state index in [0.717, 1.165) is 5.52 Å². The molecule has 0 fully saturated rings. The third-order valence-corrected chi connectivity index (χ3v) is 3.17. The summed E-state index contributed by atoms with van der Waals surface area (Å²) in [7, 11) is 0. The SMILES string of the molecule is O=C(Cl)c1ccc(Cl)c2nc3ccccc3nc12. The molecule has 3 nitrogen and oxygen atoms in total. The molecule has 0 radical (unpaired) electrons. The van der Waals surface area contributed by atoms with Gasteiger partial charge in [-0.1, -0.05) is 23.7 Å². The fourth-order valence-electron chi connectivity index (χ4n) is 1.83. The van der Waals surface area contributed by atoms with Crippen molar-refractivity contribution < 1.29 is 4.79 Å². The van der Waals surface area contributed by atoms with E-state index in [1.807, 2.05) is 24.3 Å². The normalized spacial score (nSPS) is 11.0. The zero-order chi connectivity index (χ0) is 12.7. The molecule has 88 valence electrons. The summed E-state index contributed by atoms with van der Waals surface area (Å²) in [5.41, 5.74) is 2.66. The topological polar surface area (TPSA) is 42.9 Å². The van der Waals surface area contributed by atoms with Crippen molar-refractivity contribution in [2.24, 2.45) is 0 Å². The lowest BCUT2D eigenvalue weighted by Crippen LogP contribution is -1.96. The van der Waals surface area contributed by atoms with Gasteiger partial charge in [0.15, 0.2) is 0 Å². The van der Waals surface area contributed by atoms with Crippen LogP contribution in [0.2, 0.25) is 5.02 Å². The monoisotopic (exact) mass is 276 g/mol. The summed E-state index contributed by atoms with van der Waals surface area (Å²) in [4.78, 5) is 20.2. The van der Waals surface area contributed by atoms with Crippen molar-refractivity contribution in [3.63, 3.8) is 0 Å². The standard InChI is InChI=1S/C13H6Cl2N2O/c14-8-6-5-7(13(15)18)11-12(8)17-10-4-2-1-3-9(10)16-11/h1-6H. The summed E-state index contributed by atoms with van der Waals surface area (Å²) in [5.74, 6) is 0. The van der Waals surface area contributed by atoms with Crippen LogP contribution in [-0.4, -0.2) is 15.2 Å². The van der Waals surface area contributed by atoms with Crippen molar-refractivity contribution in [2.75, 3.05) is 0 Å². The number of carbonyl (C=O) groups excluding carboxylic acids is 1. The molecule has 0 aliphatic rings. The van der Waals surface area contributed by atoms with E-state index in [2.05, 4.69) is 9.97 Å². The fourth-order valence-corrected chi connectivity index (χ4v) is 2.17. The Morgan fingerprint density at radius 3 is 2.17 bits per heavy atom. The second kappa shape index (κ2) is 4.19. The van der Waals surface area contributed by atoms with Crippen molar-refractivity contribution in [3.8, 4) is 0 Å². The first-order chi connectivity index (χ1) is 8.66. The molecule has 0 atom stereocenters. The Kier molecular flexibility index (Phi) is 2.65. The molecule has 3 rings (SSSR count). The van der Waals surface area contributed by atoms with Crippen LogP contribution >= 0.6 is 23.2 Å². The van der Waals surface area contributed by atoms with Crippen molar-refractivity contribution >= 4 is 50.5 Å². The van der Waals surface area contributed by atoms with Crippen molar-refractivity contribution in [2.45, 2.75) is 0 Å². The highest BCUT2D eigenvalue weighted by Gasteiger charge is 2.13. The van der Waals surface area contributed by atoms with Gasteiger partial charge in [-0.15, -0.1) is 0 Å². The lowest BCUT2D eigenvalue weighted by Gasteiger charge is -2.05. The van der Waals surface area contributed by atoms with Gasteiger partial charge in [-0.2, -0.15) is 0 Å². The van der Waals surface area contributed by atoms with E-state index in [9.17, 15) is 4.79 Å². The predicted octanol–water partition coefficient (Wildman–Crippen LogP) is 3.82. The molecule has 3 aromatic rings. The second-order valence-corrected chi connectivity index (χ2v) is 4.53. The zero-order valence-electron chi connectivity index (χ0n) is 9.02. The minimum absolute atomic E-state index is 0.314. The smallest absolute Gasteiger partial charge is 0.254 e. The highest BCUT2D eigenvalue weighted by atomic mass is 35.5. The Bertz CT molecular complexity index is 786. The molecule has 0 amide bonds. The summed E-state index contributed by atoms with van der Waals surface area (Å²) < 4.78 is 0. The lowest BCUT2D eigenvalue weighted by atomic mass is 10.1. The highest BCUT2D eigenvalue weighted by molar-refractivity contribution is 6.68. The highest BCUT2D eigenvalue weighted by Crippen LogP contribution is 2.26. The minimum atomic E-state index is -0.568. The predicted molar refractivity (Wildman–Crippen MR) is 72.2 cm³/mol. The number of halogens is 2. The van der Waals surface area contributed by atoms with Gasteiger partial charge in [0.1, 0.15) is 11.0 Å².